The quantitative estimate of drug-likeness (QED) is 0.197. The Morgan fingerprint density at radius 2 is 1.08 bits per heavy atom. The molecule has 0 fully saturated rings. The molecule has 0 radical (unpaired) electrons. The van der Waals surface area contributed by atoms with E-state index < -0.39 is 6.17 Å². The molecular weight excluding hydrogens is 599 g/mol. The molecule has 4 heteroatoms. The van der Waals surface area contributed by atoms with Gasteiger partial charge in [0.2, 0.25) is 0 Å². The van der Waals surface area contributed by atoms with Crippen LogP contribution in [0.3, 0.4) is 0 Å². The van der Waals surface area contributed by atoms with Crippen LogP contribution in [-0.2, 0) is 0 Å². The third kappa shape index (κ3) is 4.53. The molecule has 1 aliphatic rings. The summed E-state index contributed by atoms with van der Waals surface area (Å²) in [6.45, 7) is 0. The Kier molecular flexibility index (Phi) is 6.21. The lowest BCUT2D eigenvalue weighted by molar-refractivity contribution is 0.670. The molecular formula is C45H29N3O. The van der Waals surface area contributed by atoms with Gasteiger partial charge in [-0.2, -0.15) is 0 Å². The molecule has 1 aliphatic heterocycles. The van der Waals surface area contributed by atoms with Gasteiger partial charge in [0.15, 0.2) is 6.17 Å². The molecule has 49 heavy (non-hydrogen) atoms. The first-order valence-corrected chi connectivity index (χ1v) is 16.6. The molecule has 0 bridgehead atoms. The van der Waals surface area contributed by atoms with Crippen molar-refractivity contribution in [3.8, 4) is 11.1 Å². The number of amidine groups is 2. The highest BCUT2D eigenvalue weighted by molar-refractivity contribution is 6.25. The van der Waals surface area contributed by atoms with Crippen molar-refractivity contribution in [2.75, 3.05) is 0 Å². The van der Waals surface area contributed by atoms with Crippen molar-refractivity contribution >= 4 is 65.9 Å². The molecule has 1 aromatic heterocycles. The molecule has 8 aromatic carbocycles. The van der Waals surface area contributed by atoms with Crippen LogP contribution in [0, 0.1) is 0 Å². The van der Waals surface area contributed by atoms with Crippen molar-refractivity contribution < 1.29 is 4.42 Å². The molecule has 0 aliphatic carbocycles. The first-order valence-electron chi connectivity index (χ1n) is 16.6. The fourth-order valence-corrected chi connectivity index (χ4v) is 7.36. The van der Waals surface area contributed by atoms with Gasteiger partial charge in [0, 0.05) is 27.5 Å². The van der Waals surface area contributed by atoms with Crippen molar-refractivity contribution in [2.24, 2.45) is 9.98 Å². The van der Waals surface area contributed by atoms with E-state index in [-0.39, 0.29) is 0 Å². The van der Waals surface area contributed by atoms with Gasteiger partial charge in [0.05, 0.1) is 0 Å². The zero-order chi connectivity index (χ0) is 32.3. The minimum Gasteiger partial charge on any atom is -0.455 e. The fraction of sp³-hybridized carbons (Fsp3) is 0.0222. The SMILES string of the molecule is c1ccc(C2=NC(c3ccc4ccc5ccccc5c4c3)N=C(c3ccc(-c4cccc5ccccc45)c4oc5ccccc5c34)N2)cc1. The maximum atomic E-state index is 6.72. The van der Waals surface area contributed by atoms with Crippen LogP contribution < -0.4 is 5.32 Å². The summed E-state index contributed by atoms with van der Waals surface area (Å²) in [4.78, 5) is 10.6. The molecule has 230 valence electrons. The molecule has 1 atom stereocenters. The Bertz CT molecular complexity index is 2800. The van der Waals surface area contributed by atoms with Crippen LogP contribution in [0.5, 0.6) is 0 Å². The molecule has 2 heterocycles. The standard InChI is InChI=1S/C45H29N3O/c1-2-13-31(14-3-1)43-46-44(32-24-23-30-22-21-29-12-5-7-17-34(29)39(30)27-32)48-45(47-43)38-26-25-36(35-19-10-15-28-11-4-6-16-33(28)35)42-41(38)37-18-8-9-20-40(37)49-42/h1-27,44H,(H,46,47,48). The smallest absolute Gasteiger partial charge is 0.169 e. The molecule has 10 rings (SSSR count). The number of fused-ring (bicyclic) bond motifs is 7. The average Bonchev–Trinajstić information content (AvgIpc) is 3.57. The van der Waals surface area contributed by atoms with Gasteiger partial charge < -0.3 is 9.73 Å². The number of nitrogens with one attached hydrogen (secondary N) is 1. The first kappa shape index (κ1) is 27.6. The predicted molar refractivity (Wildman–Crippen MR) is 204 cm³/mol. The van der Waals surface area contributed by atoms with Gasteiger partial charge in [-0.3, -0.25) is 0 Å². The number of furan rings is 1. The molecule has 0 spiro atoms. The monoisotopic (exact) mass is 627 g/mol. The normalized spacial score (nSPS) is 14.7. The summed E-state index contributed by atoms with van der Waals surface area (Å²) in [5.74, 6) is 1.55. The molecule has 0 saturated carbocycles. The summed E-state index contributed by atoms with van der Waals surface area (Å²) < 4.78 is 6.72. The van der Waals surface area contributed by atoms with Crippen LogP contribution in [0.4, 0.5) is 0 Å². The molecule has 0 saturated heterocycles. The third-order valence-corrected chi connectivity index (χ3v) is 9.72. The third-order valence-electron chi connectivity index (χ3n) is 9.72. The van der Waals surface area contributed by atoms with E-state index >= 15 is 0 Å². The highest BCUT2D eigenvalue weighted by Gasteiger charge is 2.25. The Balaban J connectivity index is 1.20. The van der Waals surface area contributed by atoms with Crippen LogP contribution >= 0.6 is 0 Å². The summed E-state index contributed by atoms with van der Waals surface area (Å²) in [5, 5.41) is 13.0. The molecule has 4 nitrogen and oxygen atoms in total. The van der Waals surface area contributed by atoms with Gasteiger partial charge in [-0.25, -0.2) is 9.98 Å². The van der Waals surface area contributed by atoms with Crippen molar-refractivity contribution in [1.82, 2.24) is 5.32 Å². The topological polar surface area (TPSA) is 49.9 Å². The highest BCUT2D eigenvalue weighted by Crippen LogP contribution is 2.41. The van der Waals surface area contributed by atoms with E-state index in [4.69, 9.17) is 14.4 Å². The van der Waals surface area contributed by atoms with E-state index in [0.717, 1.165) is 61.4 Å². The number of para-hydroxylation sites is 1. The summed E-state index contributed by atoms with van der Waals surface area (Å²) >= 11 is 0. The Morgan fingerprint density at radius 1 is 0.449 bits per heavy atom. The number of hydrogen-bond acceptors (Lipinski definition) is 4. The van der Waals surface area contributed by atoms with Gasteiger partial charge in [-0.05, 0) is 67.7 Å². The number of hydrogen-bond donors (Lipinski definition) is 1. The molecule has 0 amide bonds. The van der Waals surface area contributed by atoms with E-state index in [1.807, 2.05) is 30.3 Å². The van der Waals surface area contributed by atoms with Crippen molar-refractivity contribution in [3.63, 3.8) is 0 Å². The maximum Gasteiger partial charge on any atom is 0.169 e. The zero-order valence-electron chi connectivity index (χ0n) is 26.5. The van der Waals surface area contributed by atoms with Crippen molar-refractivity contribution in [2.45, 2.75) is 6.17 Å². The number of rotatable bonds is 4. The summed E-state index contributed by atoms with van der Waals surface area (Å²) in [6, 6.07) is 57.4. The number of nitrogens with zero attached hydrogens (tertiary/aromatic N) is 2. The molecule has 9 aromatic rings. The maximum absolute atomic E-state index is 6.72. The minimum atomic E-state index is -0.444. The Hall–Kier alpha value is -6.52. The van der Waals surface area contributed by atoms with Gasteiger partial charge in [-0.15, -0.1) is 0 Å². The summed E-state index contributed by atoms with van der Waals surface area (Å²) in [6.07, 6.45) is -0.444. The van der Waals surface area contributed by atoms with Crippen LogP contribution in [-0.4, -0.2) is 11.7 Å². The van der Waals surface area contributed by atoms with E-state index in [9.17, 15) is 0 Å². The van der Waals surface area contributed by atoms with E-state index in [2.05, 4.69) is 139 Å². The van der Waals surface area contributed by atoms with Gasteiger partial charge in [-0.1, -0.05) is 140 Å². The van der Waals surface area contributed by atoms with Crippen LogP contribution in [0.2, 0.25) is 0 Å². The van der Waals surface area contributed by atoms with Crippen LogP contribution in [0.15, 0.2) is 178 Å². The number of benzene rings is 8. The highest BCUT2D eigenvalue weighted by atomic mass is 16.3. The average molecular weight is 628 g/mol. The second kappa shape index (κ2) is 11.0. The summed E-state index contributed by atoms with van der Waals surface area (Å²) in [7, 11) is 0. The largest absolute Gasteiger partial charge is 0.455 e. The summed E-state index contributed by atoms with van der Waals surface area (Å²) in [5.41, 5.74) is 6.90. The van der Waals surface area contributed by atoms with Crippen LogP contribution in [0.25, 0.3) is 65.4 Å². The van der Waals surface area contributed by atoms with Crippen molar-refractivity contribution in [1.29, 1.82) is 0 Å². The van der Waals surface area contributed by atoms with E-state index in [0.29, 0.717) is 0 Å². The lowest BCUT2D eigenvalue weighted by Crippen LogP contribution is -2.36. The number of aliphatic imine (C=N–C) groups is 2. The fourth-order valence-electron chi connectivity index (χ4n) is 7.36. The second-order valence-electron chi connectivity index (χ2n) is 12.6. The Labute approximate surface area is 282 Å². The second-order valence-corrected chi connectivity index (χ2v) is 12.6. The zero-order valence-corrected chi connectivity index (χ0v) is 26.5. The lowest BCUT2D eigenvalue weighted by Gasteiger charge is -2.23. The predicted octanol–water partition coefficient (Wildman–Crippen LogP) is 11.2. The first-order chi connectivity index (χ1) is 24.3. The molecule has 1 N–H and O–H groups in total. The van der Waals surface area contributed by atoms with E-state index in [1.54, 1.807) is 0 Å². The minimum absolute atomic E-state index is 0.444. The van der Waals surface area contributed by atoms with Gasteiger partial charge in [0.1, 0.15) is 22.8 Å². The van der Waals surface area contributed by atoms with Crippen molar-refractivity contribution in [3.05, 3.63) is 180 Å². The van der Waals surface area contributed by atoms with Gasteiger partial charge >= 0.3 is 0 Å². The van der Waals surface area contributed by atoms with Gasteiger partial charge in [0.25, 0.3) is 0 Å². The molecule has 1 unspecified atom stereocenters. The lowest BCUT2D eigenvalue weighted by atomic mass is 9.94. The van der Waals surface area contributed by atoms with E-state index in [1.165, 1.54) is 32.3 Å². The van der Waals surface area contributed by atoms with Crippen LogP contribution in [0.1, 0.15) is 22.9 Å². The Morgan fingerprint density at radius 3 is 1.94 bits per heavy atom.